The molecule has 4 aromatic rings. The Morgan fingerprint density at radius 3 is 2.07 bits per heavy atom. The number of aromatic nitrogens is 2. The van der Waals surface area contributed by atoms with Crippen LogP contribution in [0.3, 0.4) is 0 Å². The van der Waals surface area contributed by atoms with Gasteiger partial charge in [-0.2, -0.15) is 0 Å². The second-order valence-electron chi connectivity index (χ2n) is 9.58. The van der Waals surface area contributed by atoms with Gasteiger partial charge in [-0.15, -0.1) is 0 Å². The lowest BCUT2D eigenvalue weighted by Gasteiger charge is -2.21. The second kappa shape index (κ2) is 13.2. The maximum absolute atomic E-state index is 12.2. The van der Waals surface area contributed by atoms with E-state index < -0.39 is 4.92 Å². The van der Waals surface area contributed by atoms with E-state index in [0.717, 1.165) is 0 Å². The second-order valence-corrected chi connectivity index (χ2v) is 9.58. The van der Waals surface area contributed by atoms with Crippen LogP contribution in [0.15, 0.2) is 49.3 Å². The van der Waals surface area contributed by atoms with Crippen LogP contribution in [0.5, 0.6) is 34.5 Å². The molecule has 4 rings (SSSR count). The Labute approximate surface area is 254 Å². The predicted molar refractivity (Wildman–Crippen MR) is 165 cm³/mol. The van der Waals surface area contributed by atoms with Gasteiger partial charge in [-0.25, -0.2) is 4.98 Å². The Hall–Kier alpha value is -5.52. The number of hydrogen-bond donors (Lipinski definition) is 0. The number of imidazole rings is 1. The van der Waals surface area contributed by atoms with Crippen molar-refractivity contribution >= 4 is 17.5 Å². The van der Waals surface area contributed by atoms with E-state index in [4.69, 9.17) is 28.4 Å². The summed E-state index contributed by atoms with van der Waals surface area (Å²) in [5.74, 6) is 2.01. The van der Waals surface area contributed by atoms with Crippen molar-refractivity contribution in [2.75, 3.05) is 42.7 Å². The molecule has 0 aliphatic carbocycles. The van der Waals surface area contributed by atoms with Crippen LogP contribution in [0.25, 0.3) is 28.1 Å². The van der Waals surface area contributed by atoms with E-state index >= 15 is 0 Å². The van der Waals surface area contributed by atoms with E-state index in [-0.39, 0.29) is 17.9 Å². The van der Waals surface area contributed by atoms with Crippen LogP contribution in [0.1, 0.15) is 21.5 Å². The van der Waals surface area contributed by atoms with Gasteiger partial charge in [-0.05, 0) is 35.9 Å². The molecule has 0 fully saturated rings. The average Bonchev–Trinajstić information content (AvgIpc) is 3.43. The van der Waals surface area contributed by atoms with Crippen LogP contribution >= 0.6 is 0 Å². The maximum atomic E-state index is 12.2. The molecule has 230 valence electrons. The van der Waals surface area contributed by atoms with E-state index in [1.54, 1.807) is 24.5 Å². The maximum Gasteiger partial charge on any atom is 0.311 e. The number of ether oxygens (including phenoxy) is 6. The number of aldehydes is 1. The van der Waals surface area contributed by atoms with Crippen molar-refractivity contribution in [3.8, 4) is 57.0 Å². The number of carbonyl (C=O) groups is 1. The summed E-state index contributed by atoms with van der Waals surface area (Å²) in [4.78, 5) is 28.0. The first kappa shape index (κ1) is 31.4. The Morgan fingerprint density at radius 2 is 1.50 bits per heavy atom. The highest BCUT2D eigenvalue weighted by Gasteiger charge is 2.25. The molecule has 0 saturated heterocycles. The highest BCUT2D eigenvalue weighted by Crippen LogP contribution is 2.46. The van der Waals surface area contributed by atoms with Crippen LogP contribution in [0.2, 0.25) is 0 Å². The van der Waals surface area contributed by atoms with Crippen LogP contribution in [-0.4, -0.2) is 63.4 Å². The lowest BCUT2D eigenvalue weighted by molar-refractivity contribution is -0.385. The minimum Gasteiger partial charge on any atom is -0.493 e. The number of allylic oxidation sites excluding steroid dienone is 1. The summed E-state index contributed by atoms with van der Waals surface area (Å²) in [5, 5.41) is 11.7. The quantitative estimate of drug-likeness (QED) is 0.105. The van der Waals surface area contributed by atoms with Crippen LogP contribution in [-0.2, 0) is 13.5 Å². The van der Waals surface area contributed by atoms with Crippen molar-refractivity contribution in [1.29, 1.82) is 0 Å². The van der Waals surface area contributed by atoms with Crippen LogP contribution < -0.4 is 28.4 Å². The van der Waals surface area contributed by atoms with Gasteiger partial charge >= 0.3 is 5.69 Å². The Morgan fingerprint density at radius 1 is 0.864 bits per heavy atom. The van der Waals surface area contributed by atoms with Gasteiger partial charge in [-0.3, -0.25) is 14.9 Å². The summed E-state index contributed by atoms with van der Waals surface area (Å²) in [6.45, 7) is 4.29. The third-order valence-electron chi connectivity index (χ3n) is 7.16. The zero-order valence-corrected chi connectivity index (χ0v) is 25.5. The van der Waals surface area contributed by atoms with Gasteiger partial charge < -0.3 is 33.0 Å². The van der Waals surface area contributed by atoms with E-state index in [9.17, 15) is 14.9 Å². The fourth-order valence-corrected chi connectivity index (χ4v) is 5.22. The first-order valence-electron chi connectivity index (χ1n) is 13.2. The molecule has 44 heavy (non-hydrogen) atoms. The van der Waals surface area contributed by atoms with Gasteiger partial charge in [0.2, 0.25) is 5.75 Å². The molecule has 12 nitrogen and oxygen atoms in total. The van der Waals surface area contributed by atoms with Crippen LogP contribution in [0.4, 0.5) is 5.69 Å². The molecule has 0 radical (unpaired) electrons. The van der Waals surface area contributed by atoms with Crippen molar-refractivity contribution in [2.24, 2.45) is 7.05 Å². The standard InChI is InChI=1S/C32H33N3O9/c1-18(27-22(16-36)15-26(41-5)31(43-7)32(27)44-8)11-21-12-20(14-25(40-4)30(21)42-6)29-28(33-17-34(29)2)19-9-10-24(39-3)23(13-19)35(37)38/h9-10,12-17H,1,11H2,2-8H3. The molecule has 3 aromatic carbocycles. The molecule has 0 unspecified atom stereocenters. The molecule has 1 heterocycles. The third-order valence-corrected chi connectivity index (χ3v) is 7.16. The monoisotopic (exact) mass is 603 g/mol. The minimum atomic E-state index is -0.499. The van der Waals surface area contributed by atoms with E-state index in [2.05, 4.69) is 11.6 Å². The molecule has 0 saturated carbocycles. The molecule has 0 atom stereocenters. The minimum absolute atomic E-state index is 0.142. The molecule has 0 N–H and O–H groups in total. The number of methoxy groups -OCH3 is 6. The summed E-state index contributed by atoms with van der Waals surface area (Å²) in [7, 11) is 10.7. The van der Waals surface area contributed by atoms with Crippen molar-refractivity contribution in [3.63, 3.8) is 0 Å². The number of nitro benzene ring substituents is 1. The van der Waals surface area contributed by atoms with Gasteiger partial charge in [0.05, 0.1) is 65.3 Å². The van der Waals surface area contributed by atoms with Gasteiger partial charge in [0, 0.05) is 47.4 Å². The number of nitrogens with zero attached hydrogens (tertiary/aromatic N) is 3. The number of carbonyl (C=O) groups excluding carboxylic acids is 1. The smallest absolute Gasteiger partial charge is 0.311 e. The van der Waals surface area contributed by atoms with Crippen molar-refractivity contribution < 1.29 is 38.1 Å². The Bertz CT molecular complexity index is 1740. The topological polar surface area (TPSA) is 133 Å². The number of benzene rings is 3. The van der Waals surface area contributed by atoms with Crippen molar-refractivity contribution in [2.45, 2.75) is 6.42 Å². The lowest BCUT2D eigenvalue weighted by Crippen LogP contribution is -2.05. The average molecular weight is 604 g/mol. The van der Waals surface area contributed by atoms with E-state index in [0.29, 0.717) is 79.8 Å². The highest BCUT2D eigenvalue weighted by atomic mass is 16.6. The molecule has 0 spiro atoms. The van der Waals surface area contributed by atoms with Crippen LogP contribution in [0, 0.1) is 10.1 Å². The van der Waals surface area contributed by atoms with Crippen molar-refractivity contribution in [3.05, 3.63) is 76.1 Å². The Balaban J connectivity index is 1.89. The van der Waals surface area contributed by atoms with Crippen molar-refractivity contribution in [1.82, 2.24) is 9.55 Å². The van der Waals surface area contributed by atoms with Gasteiger partial charge in [0.25, 0.3) is 0 Å². The Kier molecular flexibility index (Phi) is 9.42. The zero-order valence-electron chi connectivity index (χ0n) is 25.5. The number of rotatable bonds is 13. The van der Waals surface area contributed by atoms with Gasteiger partial charge in [-0.1, -0.05) is 6.58 Å². The number of hydrogen-bond acceptors (Lipinski definition) is 10. The summed E-state index contributed by atoms with van der Waals surface area (Å²) in [6.07, 6.45) is 2.55. The molecular formula is C32H33N3O9. The summed E-state index contributed by atoms with van der Waals surface area (Å²) in [5.41, 5.74) is 4.23. The first-order chi connectivity index (χ1) is 21.2. The summed E-state index contributed by atoms with van der Waals surface area (Å²) < 4.78 is 35.1. The van der Waals surface area contributed by atoms with Gasteiger partial charge in [0.1, 0.15) is 0 Å². The molecule has 0 aliphatic rings. The predicted octanol–water partition coefficient (Wildman–Crippen LogP) is 5.78. The normalized spacial score (nSPS) is 10.6. The highest BCUT2D eigenvalue weighted by molar-refractivity contribution is 5.91. The lowest BCUT2D eigenvalue weighted by atomic mass is 9.92. The summed E-state index contributed by atoms with van der Waals surface area (Å²) in [6, 6.07) is 9.95. The molecule has 12 heteroatoms. The molecule has 0 bridgehead atoms. The van der Waals surface area contributed by atoms with E-state index in [1.165, 1.54) is 54.8 Å². The molecule has 1 aromatic heterocycles. The number of aryl methyl sites for hydroxylation is 1. The fourth-order valence-electron chi connectivity index (χ4n) is 5.22. The number of nitro groups is 1. The van der Waals surface area contributed by atoms with E-state index in [1.807, 2.05) is 17.7 Å². The molecule has 0 aliphatic heterocycles. The van der Waals surface area contributed by atoms with Gasteiger partial charge in [0.15, 0.2) is 35.0 Å². The largest absolute Gasteiger partial charge is 0.493 e. The fraction of sp³-hybridized carbons (Fsp3) is 0.250. The first-order valence-corrected chi connectivity index (χ1v) is 13.2. The zero-order chi connectivity index (χ0) is 32.1. The SMILES string of the molecule is C=C(Cc1cc(-c2c(-c3ccc(OC)c([N+](=O)[O-])c3)ncn2C)cc(OC)c1OC)c1c(C=O)cc(OC)c(OC)c1OC. The third kappa shape index (κ3) is 5.61. The summed E-state index contributed by atoms with van der Waals surface area (Å²) >= 11 is 0. The molecule has 0 amide bonds. The molecular weight excluding hydrogens is 570 g/mol.